The lowest BCUT2D eigenvalue weighted by atomic mass is 10.1. The highest BCUT2D eigenvalue weighted by molar-refractivity contribution is 5.99. The molecule has 1 heterocycles. The maximum atomic E-state index is 11.8. The smallest absolute Gasteiger partial charge is 0.337 e. The van der Waals surface area contributed by atoms with Gasteiger partial charge in [0.15, 0.2) is 0 Å². The topological polar surface area (TPSA) is 60.5 Å². The number of nitrogens with one attached hydrogen (secondary N) is 1. The molecular weight excluding hydrogens is 364 g/mol. The number of aryl methyl sites for hydroxylation is 1. The van der Waals surface area contributed by atoms with E-state index in [1.54, 1.807) is 12.1 Å². The van der Waals surface area contributed by atoms with Crippen LogP contribution in [0.2, 0.25) is 0 Å². The summed E-state index contributed by atoms with van der Waals surface area (Å²) in [5, 5.41) is 4.27. The Morgan fingerprint density at radius 1 is 1.07 bits per heavy atom. The summed E-state index contributed by atoms with van der Waals surface area (Å²) in [5.74, 6) is 0.461. The van der Waals surface area contributed by atoms with Crippen LogP contribution in [0.3, 0.4) is 0 Å². The Morgan fingerprint density at radius 2 is 1.78 bits per heavy atom. The predicted octanol–water partition coefficient (Wildman–Crippen LogP) is 5.28. The highest BCUT2D eigenvalue weighted by Gasteiger charge is 2.10. The van der Waals surface area contributed by atoms with Gasteiger partial charge in [0.2, 0.25) is 0 Å². The van der Waals surface area contributed by atoms with Crippen molar-refractivity contribution >= 4 is 40.7 Å². The summed E-state index contributed by atoms with van der Waals surface area (Å²) in [4.78, 5) is 16.4. The fourth-order valence-corrected chi connectivity index (χ4v) is 2.75. The lowest BCUT2D eigenvalue weighted by Gasteiger charge is -2.13. The second-order valence-corrected chi connectivity index (χ2v) is 6.35. The van der Waals surface area contributed by atoms with Crippen molar-refractivity contribution in [2.24, 2.45) is 0 Å². The van der Waals surface area contributed by atoms with E-state index in [1.165, 1.54) is 7.11 Å². The molecule has 3 rings (SSSR count). The van der Waals surface area contributed by atoms with E-state index in [9.17, 15) is 4.79 Å². The molecule has 0 amide bonds. The van der Waals surface area contributed by atoms with Crippen LogP contribution >= 0.6 is 12.4 Å². The highest BCUT2D eigenvalue weighted by atomic mass is 35.5. The lowest BCUT2D eigenvalue weighted by Crippen LogP contribution is -2.05. The third-order valence-electron chi connectivity index (χ3n) is 3.86. The van der Waals surface area contributed by atoms with Crippen molar-refractivity contribution in [3.8, 4) is 5.75 Å². The van der Waals surface area contributed by atoms with Gasteiger partial charge in [0.05, 0.1) is 24.3 Å². The summed E-state index contributed by atoms with van der Waals surface area (Å²) in [6.45, 7) is 5.94. The number of rotatable bonds is 5. The third-order valence-corrected chi connectivity index (χ3v) is 3.86. The number of methoxy groups -OCH3 is 1. The van der Waals surface area contributed by atoms with Gasteiger partial charge in [-0.2, -0.15) is 0 Å². The molecule has 0 unspecified atom stereocenters. The number of pyridine rings is 1. The van der Waals surface area contributed by atoms with Gasteiger partial charge in [-0.1, -0.05) is 0 Å². The molecule has 142 valence electrons. The number of aromatic nitrogens is 1. The Balaban J connectivity index is 0.00000261. The first-order chi connectivity index (χ1) is 12.5. The van der Waals surface area contributed by atoms with Gasteiger partial charge >= 0.3 is 5.97 Å². The zero-order valence-corrected chi connectivity index (χ0v) is 16.6. The Morgan fingerprint density at radius 3 is 2.41 bits per heavy atom. The van der Waals surface area contributed by atoms with Gasteiger partial charge in [-0.15, -0.1) is 12.4 Å². The molecule has 0 bridgehead atoms. The normalized spacial score (nSPS) is 10.4. The standard InChI is InChI=1S/C21H22N2O3.ClH/c1-13(2)26-17-8-6-16(7-9-17)23-20-11-14(3)22-19-10-5-15(12-18(19)20)21(24)25-4;/h5-13H,1-4H3,(H,22,23);1H. The van der Waals surface area contributed by atoms with Crippen molar-refractivity contribution in [1.82, 2.24) is 4.98 Å². The van der Waals surface area contributed by atoms with Crippen LogP contribution in [0.4, 0.5) is 11.4 Å². The number of halogens is 1. The molecule has 3 aromatic rings. The van der Waals surface area contributed by atoms with Crippen LogP contribution in [-0.2, 0) is 4.74 Å². The van der Waals surface area contributed by atoms with Gasteiger partial charge in [-0.25, -0.2) is 4.79 Å². The van der Waals surface area contributed by atoms with E-state index in [1.807, 2.05) is 57.2 Å². The Hall–Kier alpha value is -2.79. The van der Waals surface area contributed by atoms with E-state index in [0.29, 0.717) is 5.56 Å². The molecule has 0 aliphatic rings. The number of nitrogens with zero attached hydrogens (tertiary/aromatic N) is 1. The summed E-state index contributed by atoms with van der Waals surface area (Å²) in [5.41, 5.74) is 4.02. The summed E-state index contributed by atoms with van der Waals surface area (Å²) >= 11 is 0. The molecule has 0 radical (unpaired) electrons. The molecular formula is C21H23ClN2O3. The first-order valence-electron chi connectivity index (χ1n) is 8.49. The van der Waals surface area contributed by atoms with E-state index in [4.69, 9.17) is 9.47 Å². The number of carbonyl (C=O) groups excluding carboxylic acids is 1. The molecule has 2 aromatic carbocycles. The van der Waals surface area contributed by atoms with Crippen LogP contribution in [-0.4, -0.2) is 24.2 Å². The molecule has 0 aliphatic heterocycles. The number of esters is 1. The molecule has 1 N–H and O–H groups in total. The summed E-state index contributed by atoms with van der Waals surface area (Å²) in [6.07, 6.45) is 0.136. The molecule has 5 nitrogen and oxygen atoms in total. The van der Waals surface area contributed by atoms with Gasteiger partial charge in [-0.05, 0) is 69.3 Å². The van der Waals surface area contributed by atoms with Crippen LogP contribution in [0.15, 0.2) is 48.5 Å². The number of ether oxygens (including phenoxy) is 2. The van der Waals surface area contributed by atoms with E-state index >= 15 is 0 Å². The van der Waals surface area contributed by atoms with Crippen molar-refractivity contribution in [2.45, 2.75) is 26.9 Å². The van der Waals surface area contributed by atoms with Crippen LogP contribution in [0.25, 0.3) is 10.9 Å². The fourth-order valence-electron chi connectivity index (χ4n) is 2.75. The first-order valence-corrected chi connectivity index (χ1v) is 8.49. The van der Waals surface area contributed by atoms with Crippen LogP contribution in [0, 0.1) is 6.92 Å². The maximum Gasteiger partial charge on any atom is 0.337 e. The van der Waals surface area contributed by atoms with Gasteiger partial charge in [-0.3, -0.25) is 4.98 Å². The van der Waals surface area contributed by atoms with E-state index in [-0.39, 0.29) is 24.5 Å². The second-order valence-electron chi connectivity index (χ2n) is 6.35. The minimum atomic E-state index is -0.367. The molecule has 0 fully saturated rings. The average Bonchev–Trinajstić information content (AvgIpc) is 2.62. The Kier molecular flexibility index (Phi) is 6.64. The van der Waals surface area contributed by atoms with Gasteiger partial charge < -0.3 is 14.8 Å². The summed E-state index contributed by atoms with van der Waals surface area (Å²) in [7, 11) is 1.37. The molecule has 0 spiro atoms. The van der Waals surface area contributed by atoms with Crippen LogP contribution in [0.5, 0.6) is 5.75 Å². The minimum absolute atomic E-state index is 0. The average molecular weight is 387 g/mol. The molecule has 0 saturated carbocycles. The van der Waals surface area contributed by atoms with E-state index in [2.05, 4.69) is 10.3 Å². The van der Waals surface area contributed by atoms with Crippen molar-refractivity contribution in [3.63, 3.8) is 0 Å². The van der Waals surface area contributed by atoms with Crippen molar-refractivity contribution in [1.29, 1.82) is 0 Å². The van der Waals surface area contributed by atoms with Gasteiger partial charge in [0.1, 0.15) is 5.75 Å². The van der Waals surface area contributed by atoms with Gasteiger partial charge in [0, 0.05) is 22.5 Å². The van der Waals surface area contributed by atoms with Crippen molar-refractivity contribution in [2.75, 3.05) is 12.4 Å². The molecule has 27 heavy (non-hydrogen) atoms. The zero-order valence-electron chi connectivity index (χ0n) is 15.8. The monoisotopic (exact) mass is 386 g/mol. The number of anilines is 2. The van der Waals surface area contributed by atoms with E-state index in [0.717, 1.165) is 33.7 Å². The number of hydrogen-bond donors (Lipinski definition) is 1. The Bertz CT molecular complexity index is 940. The molecule has 0 atom stereocenters. The zero-order chi connectivity index (χ0) is 18.7. The molecule has 0 aliphatic carbocycles. The second kappa shape index (κ2) is 8.73. The number of benzene rings is 2. The van der Waals surface area contributed by atoms with Crippen LogP contribution in [0.1, 0.15) is 29.9 Å². The highest BCUT2D eigenvalue weighted by Crippen LogP contribution is 2.28. The SMILES string of the molecule is COC(=O)c1ccc2nc(C)cc(Nc3ccc(OC(C)C)cc3)c2c1.Cl. The summed E-state index contributed by atoms with van der Waals surface area (Å²) in [6, 6.07) is 15.1. The molecule has 6 heteroatoms. The fraction of sp³-hybridized carbons (Fsp3) is 0.238. The quantitative estimate of drug-likeness (QED) is 0.604. The number of hydrogen-bond acceptors (Lipinski definition) is 5. The molecule has 1 aromatic heterocycles. The Labute approximate surface area is 165 Å². The lowest BCUT2D eigenvalue weighted by molar-refractivity contribution is 0.0601. The van der Waals surface area contributed by atoms with Crippen molar-refractivity contribution in [3.05, 3.63) is 59.8 Å². The minimum Gasteiger partial charge on any atom is -0.491 e. The third kappa shape index (κ3) is 4.89. The number of fused-ring (bicyclic) bond motifs is 1. The largest absolute Gasteiger partial charge is 0.491 e. The number of carbonyl (C=O) groups is 1. The van der Waals surface area contributed by atoms with E-state index < -0.39 is 0 Å². The predicted molar refractivity (Wildman–Crippen MR) is 111 cm³/mol. The maximum absolute atomic E-state index is 11.8. The van der Waals surface area contributed by atoms with Gasteiger partial charge in [0.25, 0.3) is 0 Å². The van der Waals surface area contributed by atoms with Crippen LogP contribution < -0.4 is 10.1 Å². The molecule has 0 saturated heterocycles. The summed E-state index contributed by atoms with van der Waals surface area (Å²) < 4.78 is 10.5. The van der Waals surface area contributed by atoms with Crippen molar-refractivity contribution < 1.29 is 14.3 Å². The first kappa shape index (κ1) is 20.5.